The molecule has 0 aromatic carbocycles. The first kappa shape index (κ1) is 15.8. The fourth-order valence-electron chi connectivity index (χ4n) is 1.61. The number of sulfonamides is 1. The van der Waals surface area contributed by atoms with Crippen molar-refractivity contribution in [2.75, 3.05) is 12.0 Å². The molecule has 8 heteroatoms. The fraction of sp³-hybridized carbons (Fsp3) is 0.636. The first-order chi connectivity index (χ1) is 8.78. The van der Waals surface area contributed by atoms with E-state index in [2.05, 4.69) is 15.4 Å². The van der Waals surface area contributed by atoms with Crippen molar-refractivity contribution in [3.63, 3.8) is 0 Å². The summed E-state index contributed by atoms with van der Waals surface area (Å²) in [5, 5.41) is 0. The Labute approximate surface area is 114 Å². The average Bonchev–Trinajstić information content (AvgIpc) is 2.35. The third-order valence-electron chi connectivity index (χ3n) is 2.48. The number of anilines is 1. The number of nitrogens with one attached hydrogen (secondary N) is 1. The minimum absolute atomic E-state index is 0.0702. The van der Waals surface area contributed by atoms with Crippen LogP contribution in [-0.4, -0.2) is 35.3 Å². The van der Waals surface area contributed by atoms with Gasteiger partial charge in [0.2, 0.25) is 16.0 Å². The topological polar surface area (TPSA) is 101 Å². The lowest BCUT2D eigenvalue weighted by Gasteiger charge is -2.27. The molecule has 108 valence electrons. The van der Waals surface area contributed by atoms with Crippen LogP contribution in [0, 0.1) is 5.92 Å². The molecule has 19 heavy (non-hydrogen) atoms. The minimum Gasteiger partial charge on any atom is -0.292 e. The van der Waals surface area contributed by atoms with Crippen LogP contribution in [-0.2, 0) is 10.0 Å². The molecule has 1 aromatic rings. The Morgan fingerprint density at radius 1 is 1.26 bits per heavy atom. The van der Waals surface area contributed by atoms with Crippen LogP contribution in [0.4, 0.5) is 5.95 Å². The number of rotatable bonds is 6. The van der Waals surface area contributed by atoms with Crippen LogP contribution in [0.2, 0.25) is 0 Å². The molecule has 0 radical (unpaired) electrons. The Morgan fingerprint density at radius 2 is 1.79 bits per heavy atom. The van der Waals surface area contributed by atoms with Gasteiger partial charge in [-0.1, -0.05) is 13.8 Å². The lowest BCUT2D eigenvalue weighted by Crippen LogP contribution is -2.39. The summed E-state index contributed by atoms with van der Waals surface area (Å²) in [6.07, 6.45) is 2.51. The summed E-state index contributed by atoms with van der Waals surface area (Å²) in [7, 11) is -3.58. The van der Waals surface area contributed by atoms with E-state index < -0.39 is 10.0 Å². The van der Waals surface area contributed by atoms with E-state index in [4.69, 9.17) is 5.84 Å². The Bertz CT molecular complexity index is 498. The highest BCUT2D eigenvalue weighted by Crippen LogP contribution is 2.18. The largest absolute Gasteiger partial charge is 0.292 e. The zero-order chi connectivity index (χ0) is 14.6. The van der Waals surface area contributed by atoms with E-state index in [9.17, 15) is 8.42 Å². The molecular formula is C11H21N5O2S. The standard InChI is InChI=1S/C11H21N5O2S/c1-8(2)7-16(9(3)4)19(17,18)10-5-13-11(15-12)14-6-10/h5-6,8-9H,7,12H2,1-4H3,(H,13,14,15). The van der Waals surface area contributed by atoms with E-state index in [1.807, 2.05) is 27.7 Å². The Morgan fingerprint density at radius 3 is 2.16 bits per heavy atom. The van der Waals surface area contributed by atoms with Gasteiger partial charge in [0.15, 0.2) is 0 Å². The normalized spacial score (nSPS) is 12.4. The smallest absolute Gasteiger partial charge is 0.246 e. The number of nitrogens with zero attached hydrogens (tertiary/aromatic N) is 3. The van der Waals surface area contributed by atoms with Gasteiger partial charge in [0, 0.05) is 12.6 Å². The highest BCUT2D eigenvalue weighted by atomic mass is 32.2. The van der Waals surface area contributed by atoms with Gasteiger partial charge in [-0.15, -0.1) is 0 Å². The van der Waals surface area contributed by atoms with E-state index in [-0.39, 0.29) is 22.8 Å². The fourth-order valence-corrected chi connectivity index (χ4v) is 3.30. The molecule has 3 N–H and O–H groups in total. The van der Waals surface area contributed by atoms with Gasteiger partial charge in [-0.2, -0.15) is 4.31 Å². The average molecular weight is 287 g/mol. The predicted molar refractivity (Wildman–Crippen MR) is 73.7 cm³/mol. The molecule has 0 atom stereocenters. The molecule has 0 saturated heterocycles. The Hall–Kier alpha value is -1.25. The summed E-state index contributed by atoms with van der Waals surface area (Å²) in [5.41, 5.74) is 2.26. The van der Waals surface area contributed by atoms with Crippen molar-refractivity contribution in [1.82, 2.24) is 14.3 Å². The van der Waals surface area contributed by atoms with Gasteiger partial charge in [-0.3, -0.25) is 5.43 Å². The van der Waals surface area contributed by atoms with Gasteiger partial charge in [0.1, 0.15) is 4.90 Å². The number of hydrogen-bond acceptors (Lipinski definition) is 6. The van der Waals surface area contributed by atoms with Crippen molar-refractivity contribution in [3.05, 3.63) is 12.4 Å². The summed E-state index contributed by atoms with van der Waals surface area (Å²) in [5.74, 6) is 5.57. The number of nitrogen functional groups attached to an aromatic ring is 1. The van der Waals surface area contributed by atoms with E-state index in [1.54, 1.807) is 0 Å². The summed E-state index contributed by atoms with van der Waals surface area (Å²) in [6.45, 7) is 8.09. The minimum atomic E-state index is -3.58. The van der Waals surface area contributed by atoms with Crippen LogP contribution >= 0.6 is 0 Å². The molecule has 0 spiro atoms. The van der Waals surface area contributed by atoms with Crippen molar-refractivity contribution >= 4 is 16.0 Å². The van der Waals surface area contributed by atoms with E-state index >= 15 is 0 Å². The molecule has 7 nitrogen and oxygen atoms in total. The second-order valence-electron chi connectivity index (χ2n) is 4.95. The zero-order valence-corrected chi connectivity index (χ0v) is 12.5. The van der Waals surface area contributed by atoms with Crippen molar-refractivity contribution in [1.29, 1.82) is 0 Å². The molecule has 1 aromatic heterocycles. The van der Waals surface area contributed by atoms with Gasteiger partial charge >= 0.3 is 0 Å². The maximum atomic E-state index is 12.5. The van der Waals surface area contributed by atoms with Crippen LogP contribution in [0.5, 0.6) is 0 Å². The first-order valence-corrected chi connectivity index (χ1v) is 7.53. The lowest BCUT2D eigenvalue weighted by molar-refractivity contribution is 0.318. The SMILES string of the molecule is CC(C)CN(C(C)C)S(=O)(=O)c1cnc(NN)nc1. The van der Waals surface area contributed by atoms with Crippen LogP contribution < -0.4 is 11.3 Å². The molecular weight excluding hydrogens is 266 g/mol. The van der Waals surface area contributed by atoms with Gasteiger partial charge in [-0.05, 0) is 19.8 Å². The van der Waals surface area contributed by atoms with Gasteiger partial charge < -0.3 is 0 Å². The van der Waals surface area contributed by atoms with Crippen molar-refractivity contribution < 1.29 is 8.42 Å². The third kappa shape index (κ3) is 3.85. The molecule has 0 saturated carbocycles. The molecule has 1 heterocycles. The Balaban J connectivity index is 3.11. The van der Waals surface area contributed by atoms with Crippen LogP contribution in [0.15, 0.2) is 17.3 Å². The molecule has 0 amide bonds. The van der Waals surface area contributed by atoms with E-state index in [1.165, 1.54) is 16.7 Å². The molecule has 0 bridgehead atoms. The first-order valence-electron chi connectivity index (χ1n) is 6.09. The van der Waals surface area contributed by atoms with Crippen LogP contribution in [0.3, 0.4) is 0 Å². The number of hydrogen-bond donors (Lipinski definition) is 2. The monoisotopic (exact) mass is 287 g/mol. The third-order valence-corrected chi connectivity index (χ3v) is 4.48. The molecule has 0 fully saturated rings. The summed E-state index contributed by atoms with van der Waals surface area (Å²) < 4.78 is 26.5. The molecule has 0 aliphatic carbocycles. The Kier molecular flexibility index (Phi) is 5.21. The summed E-state index contributed by atoms with van der Waals surface area (Å²) in [6, 6.07) is -0.125. The van der Waals surface area contributed by atoms with E-state index in [0.29, 0.717) is 6.54 Å². The van der Waals surface area contributed by atoms with Crippen molar-refractivity contribution in [2.24, 2.45) is 11.8 Å². The maximum absolute atomic E-state index is 12.5. The lowest BCUT2D eigenvalue weighted by atomic mass is 10.2. The molecule has 0 aliphatic heterocycles. The predicted octanol–water partition coefficient (Wildman–Crippen LogP) is 0.817. The highest BCUT2D eigenvalue weighted by Gasteiger charge is 2.28. The second kappa shape index (κ2) is 6.27. The quantitative estimate of drug-likeness (QED) is 0.593. The molecule has 0 aliphatic rings. The van der Waals surface area contributed by atoms with E-state index in [0.717, 1.165) is 0 Å². The highest BCUT2D eigenvalue weighted by molar-refractivity contribution is 7.89. The zero-order valence-electron chi connectivity index (χ0n) is 11.7. The number of hydrazine groups is 1. The maximum Gasteiger partial charge on any atom is 0.246 e. The van der Waals surface area contributed by atoms with Crippen LogP contribution in [0.1, 0.15) is 27.7 Å². The number of aromatic nitrogens is 2. The van der Waals surface area contributed by atoms with Gasteiger partial charge in [0.05, 0.1) is 12.4 Å². The van der Waals surface area contributed by atoms with Crippen molar-refractivity contribution in [3.8, 4) is 0 Å². The second-order valence-corrected chi connectivity index (χ2v) is 6.84. The molecule has 1 rings (SSSR count). The summed E-state index contributed by atoms with van der Waals surface area (Å²) >= 11 is 0. The summed E-state index contributed by atoms with van der Waals surface area (Å²) in [4.78, 5) is 7.73. The van der Waals surface area contributed by atoms with Crippen LogP contribution in [0.25, 0.3) is 0 Å². The van der Waals surface area contributed by atoms with Gasteiger partial charge in [-0.25, -0.2) is 24.2 Å². The molecule has 0 unspecified atom stereocenters. The number of nitrogens with two attached hydrogens (primary N) is 1. The van der Waals surface area contributed by atoms with Crippen molar-refractivity contribution in [2.45, 2.75) is 38.6 Å². The van der Waals surface area contributed by atoms with Gasteiger partial charge in [0.25, 0.3) is 0 Å².